The van der Waals surface area contributed by atoms with Crippen molar-refractivity contribution in [2.24, 2.45) is 0 Å². The molecule has 0 spiro atoms. The van der Waals surface area contributed by atoms with Crippen molar-refractivity contribution in [3.05, 3.63) is 170 Å². The number of fused-ring (bicyclic) bond motifs is 8. The lowest BCUT2D eigenvalue weighted by atomic mass is 9.95. The van der Waals surface area contributed by atoms with Gasteiger partial charge in [-0.1, -0.05) is 103 Å². The van der Waals surface area contributed by atoms with Gasteiger partial charge in [-0.3, -0.25) is 0 Å². The molecule has 0 saturated heterocycles. The Bertz CT molecular complexity index is 2770. The fourth-order valence-corrected chi connectivity index (χ4v) is 7.47. The van der Waals surface area contributed by atoms with Gasteiger partial charge in [-0.25, -0.2) is 0 Å². The summed E-state index contributed by atoms with van der Waals surface area (Å²) >= 11 is 0. The van der Waals surface area contributed by atoms with Crippen molar-refractivity contribution in [3.8, 4) is 11.1 Å². The van der Waals surface area contributed by atoms with Crippen molar-refractivity contribution in [1.29, 1.82) is 0 Å². The van der Waals surface area contributed by atoms with E-state index in [4.69, 9.17) is 8.83 Å². The fraction of sp³-hybridized carbons (Fsp3) is 0.0222. The third kappa shape index (κ3) is 4.45. The molecule has 0 saturated carbocycles. The summed E-state index contributed by atoms with van der Waals surface area (Å²) < 4.78 is 13.1. The molecule has 4 nitrogen and oxygen atoms in total. The van der Waals surface area contributed by atoms with Gasteiger partial charge in [0.15, 0.2) is 0 Å². The molecule has 0 unspecified atom stereocenters. The fourth-order valence-electron chi connectivity index (χ4n) is 7.47. The average Bonchev–Trinajstić information content (AvgIpc) is 3.74. The number of anilines is 3. The second-order valence-corrected chi connectivity index (χ2v) is 12.6. The van der Waals surface area contributed by atoms with Crippen molar-refractivity contribution in [1.82, 2.24) is 5.32 Å². The molecule has 1 N–H and O–H groups in total. The zero-order valence-corrected chi connectivity index (χ0v) is 26.6. The molecule has 0 aliphatic carbocycles. The molecule has 1 aliphatic heterocycles. The first-order valence-corrected chi connectivity index (χ1v) is 16.6. The number of hydrogen-bond donors (Lipinski definition) is 1. The number of allylic oxidation sites excluding steroid dienone is 2. The van der Waals surface area contributed by atoms with E-state index in [9.17, 15) is 0 Å². The topological polar surface area (TPSA) is 41.6 Å². The number of rotatable bonds is 5. The Morgan fingerprint density at radius 1 is 0.490 bits per heavy atom. The highest BCUT2D eigenvalue weighted by atomic mass is 16.3. The van der Waals surface area contributed by atoms with E-state index < -0.39 is 0 Å². The van der Waals surface area contributed by atoms with E-state index in [-0.39, 0.29) is 0 Å². The van der Waals surface area contributed by atoms with Gasteiger partial charge in [-0.15, -0.1) is 0 Å². The molecule has 7 aromatic carbocycles. The van der Waals surface area contributed by atoms with Gasteiger partial charge in [0.1, 0.15) is 22.3 Å². The van der Waals surface area contributed by atoms with Crippen LogP contribution in [0, 0.1) is 0 Å². The molecule has 4 heteroatoms. The number of furan rings is 2. The van der Waals surface area contributed by atoms with Crippen LogP contribution in [0.2, 0.25) is 0 Å². The monoisotopic (exact) mass is 630 g/mol. The number of dihydropyridines is 1. The molecule has 2 aromatic heterocycles. The molecule has 10 rings (SSSR count). The number of hydrogen-bond acceptors (Lipinski definition) is 4. The second-order valence-electron chi connectivity index (χ2n) is 12.6. The van der Waals surface area contributed by atoms with Gasteiger partial charge < -0.3 is 19.1 Å². The number of para-hydroxylation sites is 1. The van der Waals surface area contributed by atoms with Gasteiger partial charge in [0.05, 0.1) is 5.69 Å². The maximum atomic E-state index is 6.73. The highest BCUT2D eigenvalue weighted by Crippen LogP contribution is 2.47. The molecule has 232 valence electrons. The molecule has 3 heterocycles. The quantitative estimate of drug-likeness (QED) is 0.205. The first-order valence-electron chi connectivity index (χ1n) is 16.6. The van der Waals surface area contributed by atoms with Crippen LogP contribution in [-0.2, 0) is 0 Å². The van der Waals surface area contributed by atoms with Crippen LogP contribution in [0.25, 0.3) is 71.3 Å². The van der Waals surface area contributed by atoms with E-state index in [1.165, 1.54) is 22.3 Å². The molecule has 49 heavy (non-hydrogen) atoms. The Kier molecular flexibility index (Phi) is 6.21. The molecular formula is C45H30N2O2. The Labute approximate surface area is 282 Å². The SMILES string of the molecule is C1=CNCC(c2cccc3oc4cc(N(c5ccc(-c6ccccc6)cc5)c5ccc6c(c5)oc5ccccc56)c5ccccc5c4c23)=C1. The molecular weight excluding hydrogens is 601 g/mol. The predicted molar refractivity (Wildman–Crippen MR) is 204 cm³/mol. The smallest absolute Gasteiger partial charge is 0.138 e. The molecule has 0 bridgehead atoms. The third-order valence-corrected chi connectivity index (χ3v) is 9.73. The summed E-state index contributed by atoms with van der Waals surface area (Å²) in [6.45, 7) is 0.773. The summed E-state index contributed by atoms with van der Waals surface area (Å²) in [5.74, 6) is 0. The van der Waals surface area contributed by atoms with Gasteiger partial charge in [0.25, 0.3) is 0 Å². The van der Waals surface area contributed by atoms with Crippen LogP contribution >= 0.6 is 0 Å². The van der Waals surface area contributed by atoms with Crippen molar-refractivity contribution in [3.63, 3.8) is 0 Å². The van der Waals surface area contributed by atoms with E-state index >= 15 is 0 Å². The zero-order chi connectivity index (χ0) is 32.3. The largest absolute Gasteiger partial charge is 0.456 e. The molecule has 0 atom stereocenters. The van der Waals surface area contributed by atoms with E-state index in [1.807, 2.05) is 18.3 Å². The van der Waals surface area contributed by atoms with Gasteiger partial charge in [0.2, 0.25) is 0 Å². The maximum absolute atomic E-state index is 6.73. The summed E-state index contributed by atoms with van der Waals surface area (Å²) in [5.41, 5.74) is 11.3. The van der Waals surface area contributed by atoms with Crippen LogP contribution in [0.3, 0.4) is 0 Å². The van der Waals surface area contributed by atoms with Gasteiger partial charge >= 0.3 is 0 Å². The highest BCUT2D eigenvalue weighted by Gasteiger charge is 2.23. The minimum absolute atomic E-state index is 0.773. The molecule has 0 fully saturated rings. The second kappa shape index (κ2) is 11.0. The van der Waals surface area contributed by atoms with Crippen molar-refractivity contribution in [2.45, 2.75) is 0 Å². The third-order valence-electron chi connectivity index (χ3n) is 9.73. The highest BCUT2D eigenvalue weighted by molar-refractivity contribution is 6.24. The van der Waals surface area contributed by atoms with Crippen LogP contribution in [0.4, 0.5) is 17.1 Å². The van der Waals surface area contributed by atoms with E-state index in [0.717, 1.165) is 78.3 Å². The summed E-state index contributed by atoms with van der Waals surface area (Å²) in [5, 5.41) is 10.2. The summed E-state index contributed by atoms with van der Waals surface area (Å²) in [6, 6.07) is 51.3. The van der Waals surface area contributed by atoms with E-state index in [1.54, 1.807) is 0 Å². The molecule has 0 amide bonds. The zero-order valence-electron chi connectivity index (χ0n) is 26.6. The maximum Gasteiger partial charge on any atom is 0.138 e. The molecule has 0 radical (unpaired) electrons. The minimum Gasteiger partial charge on any atom is -0.456 e. The van der Waals surface area contributed by atoms with Crippen LogP contribution < -0.4 is 10.2 Å². The first kappa shape index (κ1) is 27.6. The summed E-state index contributed by atoms with van der Waals surface area (Å²) in [4.78, 5) is 2.33. The average molecular weight is 631 g/mol. The van der Waals surface area contributed by atoms with Crippen LogP contribution in [-0.4, -0.2) is 6.54 Å². The minimum atomic E-state index is 0.773. The Morgan fingerprint density at radius 2 is 1.18 bits per heavy atom. The summed E-state index contributed by atoms with van der Waals surface area (Å²) in [6.07, 6.45) is 6.24. The lowest BCUT2D eigenvalue weighted by Gasteiger charge is -2.27. The lowest BCUT2D eigenvalue weighted by Crippen LogP contribution is -2.11. The predicted octanol–water partition coefficient (Wildman–Crippen LogP) is 12.3. The summed E-state index contributed by atoms with van der Waals surface area (Å²) in [7, 11) is 0. The van der Waals surface area contributed by atoms with Crippen molar-refractivity contribution >= 4 is 77.3 Å². The van der Waals surface area contributed by atoms with E-state index in [0.29, 0.717) is 0 Å². The van der Waals surface area contributed by atoms with Gasteiger partial charge in [-0.2, -0.15) is 0 Å². The number of benzene rings is 7. The molecule has 9 aromatic rings. The Hall–Kier alpha value is -6.52. The first-order chi connectivity index (χ1) is 24.3. The molecule has 1 aliphatic rings. The van der Waals surface area contributed by atoms with E-state index in [2.05, 4.69) is 156 Å². The number of nitrogens with one attached hydrogen (secondary N) is 1. The number of nitrogens with zero attached hydrogens (tertiary/aromatic N) is 1. The van der Waals surface area contributed by atoms with Crippen molar-refractivity contribution < 1.29 is 8.83 Å². The van der Waals surface area contributed by atoms with Gasteiger partial charge in [0, 0.05) is 57.0 Å². The van der Waals surface area contributed by atoms with Gasteiger partial charge in [-0.05, 0) is 76.3 Å². The normalized spacial score (nSPS) is 13.0. The lowest BCUT2D eigenvalue weighted by molar-refractivity contribution is 0.669. The Morgan fingerprint density at radius 3 is 2.02 bits per heavy atom. The standard InChI is InChI=1S/C45H30N2O2/c1-2-10-29(11-3-1)30-19-21-32(22-20-30)47(33-23-24-37-36-14-6-7-17-40(36)48-42(37)26-33)39-27-43-45(38-15-5-4-13-35(38)39)44-34(16-8-18-41(44)49-43)31-12-9-25-46-28-31/h1-27,46H,28H2. The van der Waals surface area contributed by atoms with Crippen LogP contribution in [0.5, 0.6) is 0 Å². The van der Waals surface area contributed by atoms with Crippen LogP contribution in [0.1, 0.15) is 5.56 Å². The Balaban J connectivity index is 1.23. The van der Waals surface area contributed by atoms with Crippen molar-refractivity contribution in [2.75, 3.05) is 11.4 Å². The van der Waals surface area contributed by atoms with Crippen LogP contribution in [0.15, 0.2) is 173 Å².